The Morgan fingerprint density at radius 1 is 1.45 bits per heavy atom. The maximum Gasteiger partial charge on any atom is 0.339 e. The molecule has 0 saturated heterocycles. The summed E-state index contributed by atoms with van der Waals surface area (Å²) in [5, 5.41) is 12.2. The Kier molecular flexibility index (Phi) is 4.53. The highest BCUT2D eigenvalue weighted by Gasteiger charge is 2.13. The highest BCUT2D eigenvalue weighted by Crippen LogP contribution is 2.14. The van der Waals surface area contributed by atoms with Gasteiger partial charge in [0.05, 0.1) is 12.2 Å². The summed E-state index contributed by atoms with van der Waals surface area (Å²) < 4.78 is 5.41. The van der Waals surface area contributed by atoms with E-state index >= 15 is 0 Å². The van der Waals surface area contributed by atoms with E-state index in [2.05, 4.69) is 23.3 Å². The van der Waals surface area contributed by atoms with Gasteiger partial charge in [0.15, 0.2) is 0 Å². The highest BCUT2D eigenvalue weighted by atomic mass is 16.4. The number of nitrogens with one attached hydrogen (secondary N) is 1. The molecular weight excluding hydrogens is 256 g/mol. The van der Waals surface area contributed by atoms with E-state index in [9.17, 15) is 4.79 Å². The number of aromatic nitrogens is 1. The van der Waals surface area contributed by atoms with Crippen LogP contribution in [0.3, 0.4) is 0 Å². The van der Waals surface area contributed by atoms with E-state index in [1.54, 1.807) is 19.2 Å². The molecule has 5 nitrogen and oxygen atoms in total. The van der Waals surface area contributed by atoms with Crippen molar-refractivity contribution < 1.29 is 14.3 Å². The second-order valence-electron chi connectivity index (χ2n) is 4.55. The van der Waals surface area contributed by atoms with Crippen molar-refractivity contribution in [1.29, 1.82) is 0 Å². The van der Waals surface area contributed by atoms with Crippen molar-refractivity contribution in [3.05, 3.63) is 52.7 Å². The number of rotatable bonds is 6. The summed E-state index contributed by atoms with van der Waals surface area (Å²) >= 11 is 0. The summed E-state index contributed by atoms with van der Waals surface area (Å²) in [7, 11) is 0. The van der Waals surface area contributed by atoms with Crippen LogP contribution in [0.4, 0.5) is 0 Å². The predicted molar refractivity (Wildman–Crippen MR) is 74.6 cm³/mol. The van der Waals surface area contributed by atoms with Crippen molar-refractivity contribution in [2.75, 3.05) is 0 Å². The van der Waals surface area contributed by atoms with Gasteiger partial charge in [-0.1, -0.05) is 13.0 Å². The molecule has 0 amide bonds. The average Bonchev–Trinajstić information content (AvgIpc) is 2.80. The van der Waals surface area contributed by atoms with Crippen LogP contribution in [0.5, 0.6) is 0 Å². The lowest BCUT2D eigenvalue weighted by Gasteiger charge is -2.06. The Bertz CT molecular complexity index is 605. The molecular formula is C15H18N2O3. The second-order valence-corrected chi connectivity index (χ2v) is 4.55. The van der Waals surface area contributed by atoms with Gasteiger partial charge in [0, 0.05) is 12.7 Å². The smallest absolute Gasteiger partial charge is 0.339 e. The molecule has 2 N–H and O–H groups in total. The maximum atomic E-state index is 10.9. The van der Waals surface area contributed by atoms with E-state index in [0.29, 0.717) is 24.6 Å². The first kappa shape index (κ1) is 14.3. The minimum absolute atomic E-state index is 0.217. The van der Waals surface area contributed by atoms with Gasteiger partial charge in [-0.15, -0.1) is 0 Å². The minimum atomic E-state index is -0.963. The van der Waals surface area contributed by atoms with E-state index < -0.39 is 5.97 Å². The molecule has 20 heavy (non-hydrogen) atoms. The number of aryl methyl sites for hydroxylation is 2. The molecule has 0 aliphatic heterocycles. The van der Waals surface area contributed by atoms with Gasteiger partial charge in [0.25, 0.3) is 0 Å². The lowest BCUT2D eigenvalue weighted by atomic mass is 10.1. The third kappa shape index (κ3) is 3.24. The Morgan fingerprint density at radius 2 is 2.25 bits per heavy atom. The van der Waals surface area contributed by atoms with Gasteiger partial charge in [-0.25, -0.2) is 4.79 Å². The third-order valence-electron chi connectivity index (χ3n) is 3.16. The number of hydrogen-bond acceptors (Lipinski definition) is 4. The molecule has 2 aromatic rings. The van der Waals surface area contributed by atoms with Crippen molar-refractivity contribution in [2.45, 2.75) is 33.4 Å². The van der Waals surface area contributed by atoms with Crippen LogP contribution in [0.15, 0.2) is 28.8 Å². The van der Waals surface area contributed by atoms with Gasteiger partial charge >= 0.3 is 5.97 Å². The molecule has 0 aromatic carbocycles. The highest BCUT2D eigenvalue weighted by molar-refractivity contribution is 5.88. The molecule has 0 unspecified atom stereocenters. The van der Waals surface area contributed by atoms with E-state index in [0.717, 1.165) is 12.1 Å². The zero-order valence-corrected chi connectivity index (χ0v) is 11.6. The maximum absolute atomic E-state index is 10.9. The number of carboxylic acids is 1. The largest absolute Gasteiger partial charge is 0.478 e. The predicted octanol–water partition coefficient (Wildman–Crippen LogP) is 2.53. The summed E-state index contributed by atoms with van der Waals surface area (Å²) in [6.45, 7) is 4.86. The summed E-state index contributed by atoms with van der Waals surface area (Å²) in [5.41, 5.74) is 2.44. The molecule has 0 radical (unpaired) electrons. The normalized spacial score (nSPS) is 10.7. The molecule has 2 heterocycles. The van der Waals surface area contributed by atoms with E-state index in [1.165, 1.54) is 5.56 Å². The minimum Gasteiger partial charge on any atom is -0.478 e. The second kappa shape index (κ2) is 6.34. The van der Waals surface area contributed by atoms with Gasteiger partial charge in [-0.3, -0.25) is 4.98 Å². The van der Waals surface area contributed by atoms with Crippen LogP contribution < -0.4 is 5.32 Å². The molecule has 0 bridgehead atoms. The van der Waals surface area contributed by atoms with Gasteiger partial charge in [0.1, 0.15) is 17.1 Å². The number of pyridine rings is 1. The molecule has 0 atom stereocenters. The fourth-order valence-corrected chi connectivity index (χ4v) is 2.10. The summed E-state index contributed by atoms with van der Waals surface area (Å²) in [5.74, 6) is 0.0887. The van der Waals surface area contributed by atoms with Crippen molar-refractivity contribution in [1.82, 2.24) is 10.3 Å². The standard InChI is InChI=1S/C15H18N2O3/c1-3-11-5-4-6-17-14(11)9-16-8-12-7-13(15(18)19)10(2)20-12/h4-7,16H,3,8-9H2,1-2H3,(H,18,19). The molecule has 2 rings (SSSR count). The quantitative estimate of drug-likeness (QED) is 0.846. The van der Waals surface area contributed by atoms with Crippen LogP contribution in [-0.4, -0.2) is 16.1 Å². The molecule has 0 spiro atoms. The number of furan rings is 1. The molecule has 106 valence electrons. The fraction of sp³-hybridized carbons (Fsp3) is 0.333. The molecule has 5 heteroatoms. The molecule has 0 saturated carbocycles. The average molecular weight is 274 g/mol. The summed E-state index contributed by atoms with van der Waals surface area (Å²) in [4.78, 5) is 15.3. The summed E-state index contributed by atoms with van der Waals surface area (Å²) in [6.07, 6.45) is 2.71. The van der Waals surface area contributed by atoms with Gasteiger partial charge in [-0.05, 0) is 31.0 Å². The Balaban J connectivity index is 1.96. The zero-order valence-electron chi connectivity index (χ0n) is 11.6. The zero-order chi connectivity index (χ0) is 14.5. The molecule has 0 fully saturated rings. The van der Waals surface area contributed by atoms with Crippen molar-refractivity contribution in [3.8, 4) is 0 Å². The first-order chi connectivity index (χ1) is 9.61. The van der Waals surface area contributed by atoms with E-state index in [-0.39, 0.29) is 5.56 Å². The number of aromatic carboxylic acids is 1. The van der Waals surface area contributed by atoms with Gasteiger partial charge < -0.3 is 14.8 Å². The van der Waals surface area contributed by atoms with Crippen molar-refractivity contribution in [3.63, 3.8) is 0 Å². The third-order valence-corrected chi connectivity index (χ3v) is 3.16. The van der Waals surface area contributed by atoms with Crippen molar-refractivity contribution >= 4 is 5.97 Å². The number of carbonyl (C=O) groups is 1. The van der Waals surface area contributed by atoms with Crippen LogP contribution in [-0.2, 0) is 19.5 Å². The van der Waals surface area contributed by atoms with Crippen molar-refractivity contribution in [2.24, 2.45) is 0 Å². The van der Waals surface area contributed by atoms with E-state index in [1.807, 2.05) is 6.07 Å². The first-order valence-electron chi connectivity index (χ1n) is 6.58. The SMILES string of the molecule is CCc1cccnc1CNCc1cc(C(=O)O)c(C)o1. The Morgan fingerprint density at radius 3 is 2.90 bits per heavy atom. The van der Waals surface area contributed by atoms with Crippen LogP contribution in [0.1, 0.15) is 40.1 Å². The molecule has 0 aliphatic rings. The number of nitrogens with zero attached hydrogens (tertiary/aromatic N) is 1. The van der Waals surface area contributed by atoms with E-state index in [4.69, 9.17) is 9.52 Å². The fourth-order valence-electron chi connectivity index (χ4n) is 2.10. The number of carboxylic acid groups (broad SMARTS) is 1. The lowest BCUT2D eigenvalue weighted by molar-refractivity contribution is 0.0695. The van der Waals surface area contributed by atoms with Crippen LogP contribution in [0, 0.1) is 6.92 Å². The molecule has 0 aliphatic carbocycles. The van der Waals surface area contributed by atoms with Crippen LogP contribution >= 0.6 is 0 Å². The van der Waals surface area contributed by atoms with Gasteiger partial charge in [-0.2, -0.15) is 0 Å². The topological polar surface area (TPSA) is 75.4 Å². The lowest BCUT2D eigenvalue weighted by Crippen LogP contribution is -2.14. The van der Waals surface area contributed by atoms with Crippen LogP contribution in [0.2, 0.25) is 0 Å². The van der Waals surface area contributed by atoms with Crippen LogP contribution in [0.25, 0.3) is 0 Å². The first-order valence-corrected chi connectivity index (χ1v) is 6.58. The van der Waals surface area contributed by atoms with Gasteiger partial charge in [0.2, 0.25) is 0 Å². The Labute approximate surface area is 117 Å². The Hall–Kier alpha value is -2.14. The molecule has 2 aromatic heterocycles. The monoisotopic (exact) mass is 274 g/mol. The summed E-state index contributed by atoms with van der Waals surface area (Å²) in [6, 6.07) is 5.55. The number of hydrogen-bond donors (Lipinski definition) is 2.